The van der Waals surface area contributed by atoms with E-state index in [1.54, 1.807) is 0 Å². The summed E-state index contributed by atoms with van der Waals surface area (Å²) in [6.45, 7) is 5.69. The summed E-state index contributed by atoms with van der Waals surface area (Å²) in [5, 5.41) is 3.35. The molecule has 0 aromatic heterocycles. The van der Waals surface area contributed by atoms with Gasteiger partial charge >= 0.3 is 0 Å². The van der Waals surface area contributed by atoms with Crippen molar-refractivity contribution in [1.82, 2.24) is 5.32 Å². The number of rotatable bonds is 4. The van der Waals surface area contributed by atoms with Crippen molar-refractivity contribution in [2.45, 2.75) is 51.0 Å². The maximum atomic E-state index is 13.2. The number of para-hydroxylation sites is 1. The Morgan fingerprint density at radius 3 is 2.68 bits per heavy atom. The zero-order valence-corrected chi connectivity index (χ0v) is 13.4. The van der Waals surface area contributed by atoms with Crippen LogP contribution < -0.4 is 10.2 Å². The first-order valence-electron chi connectivity index (χ1n) is 8.23. The Kier molecular flexibility index (Phi) is 4.04. The summed E-state index contributed by atoms with van der Waals surface area (Å²) in [6, 6.07) is 8.22. The lowest BCUT2D eigenvalue weighted by molar-refractivity contribution is -0.128. The van der Waals surface area contributed by atoms with Gasteiger partial charge < -0.3 is 10.2 Å². The lowest BCUT2D eigenvalue weighted by Crippen LogP contribution is -2.48. The number of carbonyl (C=O) groups excluding carboxylic acids is 2. The monoisotopic (exact) mass is 300 g/mol. The minimum atomic E-state index is -0.700. The van der Waals surface area contributed by atoms with E-state index in [1.165, 1.54) is 0 Å². The summed E-state index contributed by atoms with van der Waals surface area (Å²) in [6.07, 6.45) is 2.73. The molecule has 1 aromatic carbocycles. The summed E-state index contributed by atoms with van der Waals surface area (Å²) < 4.78 is 0. The van der Waals surface area contributed by atoms with Crippen LogP contribution in [0.3, 0.4) is 0 Å². The minimum Gasteiger partial charge on any atom is -0.317 e. The number of fused-ring (bicyclic) bond motifs is 1. The highest BCUT2D eigenvalue weighted by molar-refractivity contribution is 6.10. The van der Waals surface area contributed by atoms with Crippen LogP contribution in [0.15, 0.2) is 24.3 Å². The Morgan fingerprint density at radius 1 is 1.32 bits per heavy atom. The highest BCUT2D eigenvalue weighted by Gasteiger charge is 2.49. The van der Waals surface area contributed by atoms with Crippen LogP contribution in [-0.4, -0.2) is 30.8 Å². The van der Waals surface area contributed by atoms with Crippen molar-refractivity contribution in [3.05, 3.63) is 29.8 Å². The van der Waals surface area contributed by atoms with E-state index in [1.807, 2.05) is 43.0 Å². The largest absolute Gasteiger partial charge is 0.317 e. The van der Waals surface area contributed by atoms with Crippen LogP contribution >= 0.6 is 0 Å². The first-order chi connectivity index (χ1) is 10.6. The predicted octanol–water partition coefficient (Wildman–Crippen LogP) is 2.41. The summed E-state index contributed by atoms with van der Waals surface area (Å²) in [7, 11) is 0. The number of nitrogens with one attached hydrogen (secondary N) is 1. The molecule has 118 valence electrons. The number of carbonyl (C=O) groups is 2. The van der Waals surface area contributed by atoms with Crippen LogP contribution in [0.4, 0.5) is 5.69 Å². The van der Waals surface area contributed by atoms with Gasteiger partial charge in [0.05, 0.1) is 5.41 Å². The van der Waals surface area contributed by atoms with Crippen LogP contribution in [0, 0.1) is 0 Å². The van der Waals surface area contributed by atoms with Crippen LogP contribution in [-0.2, 0) is 15.0 Å². The van der Waals surface area contributed by atoms with E-state index in [-0.39, 0.29) is 17.7 Å². The molecule has 1 N–H and O–H groups in total. The van der Waals surface area contributed by atoms with E-state index >= 15 is 0 Å². The second-order valence-corrected chi connectivity index (χ2v) is 6.57. The molecule has 1 aromatic rings. The Bertz CT molecular complexity index is 593. The van der Waals surface area contributed by atoms with E-state index < -0.39 is 5.41 Å². The molecule has 2 aliphatic rings. The molecule has 4 heteroatoms. The van der Waals surface area contributed by atoms with Crippen LogP contribution in [0.25, 0.3) is 0 Å². The third-order valence-electron chi connectivity index (χ3n) is 5.07. The molecular formula is C18H24N2O2. The average Bonchev–Trinajstić information content (AvgIpc) is 2.77. The average molecular weight is 300 g/mol. The number of hydrogen-bond donors (Lipinski definition) is 1. The van der Waals surface area contributed by atoms with E-state index in [0.717, 1.165) is 37.2 Å². The van der Waals surface area contributed by atoms with Gasteiger partial charge in [-0.2, -0.15) is 0 Å². The minimum absolute atomic E-state index is 0.0994. The Morgan fingerprint density at radius 2 is 2.00 bits per heavy atom. The van der Waals surface area contributed by atoms with Crippen LogP contribution in [0.1, 0.15) is 45.1 Å². The van der Waals surface area contributed by atoms with E-state index in [2.05, 4.69) is 5.32 Å². The van der Waals surface area contributed by atoms with Gasteiger partial charge in [-0.25, -0.2) is 0 Å². The van der Waals surface area contributed by atoms with E-state index in [9.17, 15) is 9.59 Å². The fourth-order valence-corrected chi connectivity index (χ4v) is 3.76. The fraction of sp³-hybridized carbons (Fsp3) is 0.556. The smallest absolute Gasteiger partial charge is 0.238 e. The SMILES string of the molecule is CCC(=O)CC1(C)C(=O)N(C2CCNCC2)c2ccccc21. The number of ketones is 1. The Hall–Kier alpha value is -1.68. The van der Waals surface area contributed by atoms with Gasteiger partial charge in [0.2, 0.25) is 5.91 Å². The maximum Gasteiger partial charge on any atom is 0.238 e. The Balaban J connectivity index is 2.00. The summed E-state index contributed by atoms with van der Waals surface area (Å²) in [5.74, 6) is 0.250. The van der Waals surface area contributed by atoms with Crippen molar-refractivity contribution in [2.24, 2.45) is 0 Å². The predicted molar refractivity (Wildman–Crippen MR) is 87.1 cm³/mol. The van der Waals surface area contributed by atoms with Gasteiger partial charge in [0.15, 0.2) is 0 Å². The van der Waals surface area contributed by atoms with Crippen molar-refractivity contribution in [3.8, 4) is 0 Å². The van der Waals surface area contributed by atoms with Crippen molar-refractivity contribution >= 4 is 17.4 Å². The molecule has 2 heterocycles. The third kappa shape index (κ3) is 2.35. The van der Waals surface area contributed by atoms with Crippen molar-refractivity contribution in [1.29, 1.82) is 0 Å². The highest BCUT2D eigenvalue weighted by Crippen LogP contribution is 2.45. The van der Waals surface area contributed by atoms with E-state index in [4.69, 9.17) is 0 Å². The van der Waals surface area contributed by atoms with Gasteiger partial charge in [-0.05, 0) is 44.5 Å². The highest BCUT2D eigenvalue weighted by atomic mass is 16.2. The Labute approximate surface area is 131 Å². The van der Waals surface area contributed by atoms with Gasteiger partial charge in [-0.15, -0.1) is 0 Å². The molecule has 2 aliphatic heterocycles. The molecule has 0 bridgehead atoms. The molecule has 1 amide bonds. The number of benzene rings is 1. The molecule has 0 saturated carbocycles. The molecule has 3 rings (SSSR count). The van der Waals surface area contributed by atoms with Gasteiger partial charge in [0.25, 0.3) is 0 Å². The molecular weight excluding hydrogens is 276 g/mol. The van der Waals surface area contributed by atoms with Crippen molar-refractivity contribution in [2.75, 3.05) is 18.0 Å². The number of anilines is 1. The van der Waals surface area contributed by atoms with Crippen molar-refractivity contribution in [3.63, 3.8) is 0 Å². The van der Waals surface area contributed by atoms with Gasteiger partial charge in [-0.1, -0.05) is 25.1 Å². The number of amides is 1. The maximum absolute atomic E-state index is 13.2. The molecule has 0 aliphatic carbocycles. The zero-order valence-electron chi connectivity index (χ0n) is 13.4. The summed E-state index contributed by atoms with van der Waals surface area (Å²) in [5.41, 5.74) is 1.32. The molecule has 1 saturated heterocycles. The zero-order chi connectivity index (χ0) is 15.7. The van der Waals surface area contributed by atoms with Crippen molar-refractivity contribution < 1.29 is 9.59 Å². The van der Waals surface area contributed by atoms with E-state index in [0.29, 0.717) is 12.8 Å². The van der Waals surface area contributed by atoms with Crippen LogP contribution in [0.2, 0.25) is 0 Å². The number of nitrogens with zero attached hydrogens (tertiary/aromatic N) is 1. The second kappa shape index (κ2) is 5.84. The molecule has 4 nitrogen and oxygen atoms in total. The summed E-state index contributed by atoms with van der Waals surface area (Å²) >= 11 is 0. The number of piperidine rings is 1. The first-order valence-corrected chi connectivity index (χ1v) is 8.23. The fourth-order valence-electron chi connectivity index (χ4n) is 3.76. The molecule has 0 radical (unpaired) electrons. The number of Topliss-reactive ketones (excluding diaryl/α,β-unsaturated/α-hetero) is 1. The second-order valence-electron chi connectivity index (χ2n) is 6.57. The number of hydrogen-bond acceptors (Lipinski definition) is 3. The standard InChI is InChI=1S/C18H24N2O2/c1-3-14(21)12-18(2)15-6-4-5-7-16(15)20(17(18)22)13-8-10-19-11-9-13/h4-7,13,19H,3,8-12H2,1-2H3. The normalized spacial score (nSPS) is 25.4. The molecule has 1 unspecified atom stereocenters. The lowest BCUT2D eigenvalue weighted by atomic mass is 9.79. The van der Waals surface area contributed by atoms with Gasteiger partial charge in [0.1, 0.15) is 5.78 Å². The van der Waals surface area contributed by atoms with Gasteiger partial charge in [-0.3, -0.25) is 9.59 Å². The topological polar surface area (TPSA) is 49.4 Å². The quantitative estimate of drug-likeness (QED) is 0.929. The molecule has 1 atom stereocenters. The summed E-state index contributed by atoms with van der Waals surface area (Å²) in [4.78, 5) is 27.2. The lowest BCUT2D eigenvalue weighted by Gasteiger charge is -2.33. The molecule has 0 spiro atoms. The molecule has 1 fully saturated rings. The van der Waals surface area contributed by atoms with Gasteiger partial charge in [0, 0.05) is 24.6 Å². The third-order valence-corrected chi connectivity index (χ3v) is 5.07. The first kappa shape index (κ1) is 15.2. The van der Waals surface area contributed by atoms with Crippen LogP contribution in [0.5, 0.6) is 0 Å². The molecule has 22 heavy (non-hydrogen) atoms.